The summed E-state index contributed by atoms with van der Waals surface area (Å²) in [4.78, 5) is 8.29. The highest BCUT2D eigenvalue weighted by Gasteiger charge is 2.11. The third kappa shape index (κ3) is 2.53. The predicted octanol–water partition coefficient (Wildman–Crippen LogP) is 3.37. The fourth-order valence-electron chi connectivity index (χ4n) is 1.51. The van der Waals surface area contributed by atoms with Crippen LogP contribution in [0, 0.1) is 5.82 Å². The van der Waals surface area contributed by atoms with Crippen molar-refractivity contribution in [3.05, 3.63) is 41.4 Å². The average molecular weight is 252 g/mol. The van der Waals surface area contributed by atoms with E-state index in [9.17, 15) is 4.39 Å². The third-order valence-electron chi connectivity index (χ3n) is 2.23. The highest BCUT2D eigenvalue weighted by Crippen LogP contribution is 2.27. The van der Waals surface area contributed by atoms with Gasteiger partial charge >= 0.3 is 0 Å². The molecule has 2 aromatic rings. The number of hydrogen-bond donors (Lipinski definition) is 1. The lowest BCUT2D eigenvalue weighted by molar-refractivity contribution is 0.630. The number of benzene rings is 1. The maximum absolute atomic E-state index is 13.8. The van der Waals surface area contributed by atoms with Crippen LogP contribution in [0.25, 0.3) is 11.3 Å². The maximum atomic E-state index is 13.8. The Labute approximate surface area is 104 Å². The molecule has 0 spiro atoms. The van der Waals surface area contributed by atoms with Crippen LogP contribution in [0.3, 0.4) is 0 Å². The minimum absolute atomic E-state index is 0.361. The third-order valence-corrected chi connectivity index (χ3v) is 2.46. The first kappa shape index (κ1) is 11.8. The van der Waals surface area contributed by atoms with Crippen LogP contribution in [-0.4, -0.2) is 16.5 Å². The molecule has 0 aliphatic carbocycles. The summed E-state index contributed by atoms with van der Waals surface area (Å²) in [7, 11) is 0. The molecule has 1 aromatic carbocycles. The number of nitrogens with zero attached hydrogens (tertiary/aromatic N) is 2. The maximum Gasteiger partial charge on any atom is 0.152 e. The SMILES string of the molecule is CCNc1nccnc1-c1ccc(Cl)cc1F. The molecule has 88 valence electrons. The second-order valence-electron chi connectivity index (χ2n) is 3.41. The van der Waals surface area contributed by atoms with Crippen molar-refractivity contribution in [3.8, 4) is 11.3 Å². The number of aromatic nitrogens is 2. The van der Waals surface area contributed by atoms with Crippen molar-refractivity contribution in [1.29, 1.82) is 0 Å². The van der Waals surface area contributed by atoms with Gasteiger partial charge in [0.2, 0.25) is 0 Å². The van der Waals surface area contributed by atoms with Gasteiger partial charge in [-0.3, -0.25) is 4.98 Å². The van der Waals surface area contributed by atoms with Crippen molar-refractivity contribution in [1.82, 2.24) is 9.97 Å². The van der Waals surface area contributed by atoms with Gasteiger partial charge in [0.1, 0.15) is 11.5 Å². The minimum Gasteiger partial charge on any atom is -0.369 e. The Bertz CT molecular complexity index is 531. The molecule has 5 heteroatoms. The van der Waals surface area contributed by atoms with Crippen LogP contribution in [0.4, 0.5) is 10.2 Å². The number of rotatable bonds is 3. The predicted molar refractivity (Wildman–Crippen MR) is 66.6 cm³/mol. The average Bonchev–Trinajstić information content (AvgIpc) is 2.31. The lowest BCUT2D eigenvalue weighted by atomic mass is 10.1. The molecule has 0 aliphatic rings. The van der Waals surface area contributed by atoms with E-state index in [0.717, 1.165) is 0 Å². The fourth-order valence-corrected chi connectivity index (χ4v) is 1.67. The van der Waals surface area contributed by atoms with E-state index >= 15 is 0 Å². The van der Waals surface area contributed by atoms with Gasteiger partial charge in [-0.05, 0) is 25.1 Å². The van der Waals surface area contributed by atoms with Crippen molar-refractivity contribution < 1.29 is 4.39 Å². The van der Waals surface area contributed by atoms with Crippen LogP contribution >= 0.6 is 11.6 Å². The molecular formula is C12H11ClFN3. The molecule has 2 rings (SSSR count). The van der Waals surface area contributed by atoms with Crippen LogP contribution in [0.1, 0.15) is 6.92 Å². The molecule has 17 heavy (non-hydrogen) atoms. The molecule has 0 bridgehead atoms. The van der Waals surface area contributed by atoms with Gasteiger partial charge in [-0.2, -0.15) is 0 Å². The van der Waals surface area contributed by atoms with Crippen LogP contribution in [0.15, 0.2) is 30.6 Å². The van der Waals surface area contributed by atoms with Crippen LogP contribution in [0.2, 0.25) is 5.02 Å². The van der Waals surface area contributed by atoms with E-state index in [1.165, 1.54) is 12.3 Å². The number of nitrogens with one attached hydrogen (secondary N) is 1. The molecule has 0 saturated heterocycles. The van der Waals surface area contributed by atoms with E-state index in [4.69, 9.17) is 11.6 Å². The van der Waals surface area contributed by atoms with Gasteiger partial charge in [0.05, 0.1) is 0 Å². The van der Waals surface area contributed by atoms with Crippen LogP contribution in [0.5, 0.6) is 0 Å². The Hall–Kier alpha value is -1.68. The normalized spacial score (nSPS) is 10.3. The summed E-state index contributed by atoms with van der Waals surface area (Å²) in [6, 6.07) is 4.49. The van der Waals surface area contributed by atoms with E-state index in [0.29, 0.717) is 28.6 Å². The summed E-state index contributed by atoms with van der Waals surface area (Å²) in [6.07, 6.45) is 3.10. The monoisotopic (exact) mass is 251 g/mol. The molecule has 0 aliphatic heterocycles. The van der Waals surface area contributed by atoms with Crippen molar-refractivity contribution in [2.45, 2.75) is 6.92 Å². The summed E-state index contributed by atoms with van der Waals surface area (Å²) in [5.41, 5.74) is 0.877. The van der Waals surface area contributed by atoms with E-state index < -0.39 is 5.82 Å². The number of hydrogen-bond acceptors (Lipinski definition) is 3. The second-order valence-corrected chi connectivity index (χ2v) is 3.84. The Morgan fingerprint density at radius 1 is 1.29 bits per heavy atom. The Morgan fingerprint density at radius 2 is 2.06 bits per heavy atom. The minimum atomic E-state index is -0.405. The molecule has 0 saturated carbocycles. The first-order valence-electron chi connectivity index (χ1n) is 5.22. The van der Waals surface area contributed by atoms with Gasteiger partial charge in [0.25, 0.3) is 0 Å². The summed E-state index contributed by atoms with van der Waals surface area (Å²) in [5.74, 6) is 0.161. The van der Waals surface area contributed by atoms with Crippen molar-refractivity contribution in [3.63, 3.8) is 0 Å². The highest BCUT2D eigenvalue weighted by atomic mass is 35.5. The van der Waals surface area contributed by atoms with Crippen LogP contribution in [-0.2, 0) is 0 Å². The highest BCUT2D eigenvalue weighted by molar-refractivity contribution is 6.30. The standard InChI is InChI=1S/C12H11ClFN3/c1-2-15-12-11(16-5-6-17-12)9-4-3-8(13)7-10(9)14/h3-7H,2H2,1H3,(H,15,17). The molecule has 3 nitrogen and oxygen atoms in total. The summed E-state index contributed by atoms with van der Waals surface area (Å²) in [5, 5.41) is 3.40. The van der Waals surface area contributed by atoms with E-state index in [1.54, 1.807) is 18.3 Å². The topological polar surface area (TPSA) is 37.8 Å². The van der Waals surface area contributed by atoms with E-state index in [2.05, 4.69) is 15.3 Å². The van der Waals surface area contributed by atoms with Gasteiger partial charge in [-0.25, -0.2) is 9.37 Å². The molecule has 0 atom stereocenters. The number of halogens is 2. The smallest absolute Gasteiger partial charge is 0.152 e. The summed E-state index contributed by atoms with van der Waals surface area (Å²) < 4.78 is 13.8. The first-order chi connectivity index (χ1) is 8.22. The zero-order valence-electron chi connectivity index (χ0n) is 9.24. The van der Waals surface area contributed by atoms with Gasteiger partial charge in [0.15, 0.2) is 5.82 Å². The summed E-state index contributed by atoms with van der Waals surface area (Å²) in [6.45, 7) is 2.64. The van der Waals surface area contributed by atoms with Crippen LogP contribution < -0.4 is 5.32 Å². The molecule has 0 unspecified atom stereocenters. The Morgan fingerprint density at radius 3 is 2.76 bits per heavy atom. The fraction of sp³-hybridized carbons (Fsp3) is 0.167. The molecule has 0 radical (unpaired) electrons. The molecule has 1 heterocycles. The second kappa shape index (κ2) is 5.10. The first-order valence-corrected chi connectivity index (χ1v) is 5.60. The van der Waals surface area contributed by atoms with Gasteiger partial charge < -0.3 is 5.32 Å². The lowest BCUT2D eigenvalue weighted by Crippen LogP contribution is -2.03. The van der Waals surface area contributed by atoms with Gasteiger partial charge in [-0.15, -0.1) is 0 Å². The lowest BCUT2D eigenvalue weighted by Gasteiger charge is -2.09. The Kier molecular flexibility index (Phi) is 3.54. The van der Waals surface area contributed by atoms with Crippen molar-refractivity contribution in [2.75, 3.05) is 11.9 Å². The molecule has 0 amide bonds. The molecule has 1 N–H and O–H groups in total. The van der Waals surface area contributed by atoms with Crippen molar-refractivity contribution in [2.24, 2.45) is 0 Å². The Balaban J connectivity index is 2.52. The molecule has 0 fully saturated rings. The van der Waals surface area contributed by atoms with E-state index in [1.807, 2.05) is 6.92 Å². The zero-order chi connectivity index (χ0) is 12.3. The van der Waals surface area contributed by atoms with Gasteiger partial charge in [-0.1, -0.05) is 11.6 Å². The van der Waals surface area contributed by atoms with Gasteiger partial charge in [0, 0.05) is 29.5 Å². The number of anilines is 1. The van der Waals surface area contributed by atoms with Crippen molar-refractivity contribution >= 4 is 17.4 Å². The largest absolute Gasteiger partial charge is 0.369 e. The molecule has 1 aromatic heterocycles. The van der Waals surface area contributed by atoms with E-state index in [-0.39, 0.29) is 0 Å². The zero-order valence-corrected chi connectivity index (χ0v) is 10.0. The quantitative estimate of drug-likeness (QED) is 0.909. The summed E-state index contributed by atoms with van der Waals surface area (Å²) >= 11 is 5.71. The molecular weight excluding hydrogens is 241 g/mol.